The van der Waals surface area contributed by atoms with Gasteiger partial charge in [-0.2, -0.15) is 0 Å². The molecule has 3 rings (SSSR count). The molecule has 0 aliphatic heterocycles. The maximum Gasteiger partial charge on any atom is 0.322 e. The van der Waals surface area contributed by atoms with Gasteiger partial charge in [0.15, 0.2) is 0 Å². The molecule has 27 heavy (non-hydrogen) atoms. The van der Waals surface area contributed by atoms with E-state index in [9.17, 15) is 23.7 Å². The Morgan fingerprint density at radius 2 is 1.89 bits per heavy atom. The number of aromatic nitrogens is 2. The lowest BCUT2D eigenvalue weighted by atomic mass is 10.2. The van der Waals surface area contributed by atoms with Gasteiger partial charge >= 0.3 is 6.01 Å². The van der Waals surface area contributed by atoms with E-state index in [1.54, 1.807) is 0 Å². The molecule has 1 aromatic heterocycles. The second-order valence-electron chi connectivity index (χ2n) is 5.21. The highest BCUT2D eigenvalue weighted by Gasteiger charge is 2.14. The molecule has 136 valence electrons. The van der Waals surface area contributed by atoms with Gasteiger partial charge in [-0.15, -0.1) is 5.10 Å². The van der Waals surface area contributed by atoms with Crippen LogP contribution in [0.25, 0.3) is 17.5 Å². The molecule has 0 saturated carbocycles. The minimum absolute atomic E-state index is 0.0667. The lowest BCUT2D eigenvalue weighted by Crippen LogP contribution is -2.07. The smallest absolute Gasteiger partial charge is 0.322 e. The van der Waals surface area contributed by atoms with Crippen LogP contribution in [0.3, 0.4) is 0 Å². The minimum atomic E-state index is -0.880. The largest absolute Gasteiger partial charge is 0.403 e. The number of carbonyl (C=O) groups is 1. The molecule has 0 fully saturated rings. The van der Waals surface area contributed by atoms with Crippen molar-refractivity contribution in [3.05, 3.63) is 75.9 Å². The van der Waals surface area contributed by atoms with Crippen LogP contribution in [0.1, 0.15) is 5.56 Å². The predicted molar refractivity (Wildman–Crippen MR) is 90.4 cm³/mol. The van der Waals surface area contributed by atoms with E-state index < -0.39 is 22.5 Å². The molecule has 3 aromatic rings. The summed E-state index contributed by atoms with van der Waals surface area (Å²) in [6, 6.07) is 8.13. The number of rotatable bonds is 5. The maximum atomic E-state index is 13.7. The highest BCUT2D eigenvalue weighted by Crippen LogP contribution is 2.23. The Hall–Kier alpha value is -3.95. The molecule has 1 amide bonds. The zero-order chi connectivity index (χ0) is 19.4. The normalized spacial score (nSPS) is 10.9. The summed E-state index contributed by atoms with van der Waals surface area (Å²) < 4.78 is 31.7. The van der Waals surface area contributed by atoms with Crippen LogP contribution in [0.5, 0.6) is 0 Å². The zero-order valence-corrected chi connectivity index (χ0v) is 13.4. The van der Waals surface area contributed by atoms with Crippen LogP contribution in [0.15, 0.2) is 53.0 Å². The molecular formula is C17H10F2N4O4. The maximum absolute atomic E-state index is 13.7. The Balaban J connectivity index is 1.66. The van der Waals surface area contributed by atoms with Crippen LogP contribution in [-0.2, 0) is 4.79 Å². The summed E-state index contributed by atoms with van der Waals surface area (Å²) >= 11 is 0. The van der Waals surface area contributed by atoms with Crippen LogP contribution in [0.4, 0.5) is 20.5 Å². The summed E-state index contributed by atoms with van der Waals surface area (Å²) in [4.78, 5) is 21.9. The van der Waals surface area contributed by atoms with E-state index in [0.717, 1.165) is 18.2 Å². The summed E-state index contributed by atoms with van der Waals surface area (Å²) in [7, 11) is 0. The van der Waals surface area contributed by atoms with E-state index in [1.807, 2.05) is 0 Å². The molecular weight excluding hydrogens is 362 g/mol. The van der Waals surface area contributed by atoms with Gasteiger partial charge in [0.1, 0.15) is 11.6 Å². The molecule has 0 spiro atoms. The summed E-state index contributed by atoms with van der Waals surface area (Å²) in [5.74, 6) is -2.46. The number of nitrogens with one attached hydrogen (secondary N) is 1. The first-order valence-electron chi connectivity index (χ1n) is 7.45. The van der Waals surface area contributed by atoms with Gasteiger partial charge < -0.3 is 4.42 Å². The van der Waals surface area contributed by atoms with Crippen molar-refractivity contribution in [3.63, 3.8) is 0 Å². The van der Waals surface area contributed by atoms with Crippen molar-refractivity contribution in [2.75, 3.05) is 5.32 Å². The zero-order valence-electron chi connectivity index (χ0n) is 13.4. The number of nitro groups is 1. The number of benzene rings is 2. The Labute approximate surface area is 150 Å². The average Bonchev–Trinajstić information content (AvgIpc) is 3.08. The molecule has 0 saturated heterocycles. The third-order valence-electron chi connectivity index (χ3n) is 3.35. The molecule has 1 heterocycles. The average molecular weight is 372 g/mol. The van der Waals surface area contributed by atoms with Gasteiger partial charge in [0.05, 0.1) is 10.5 Å². The lowest BCUT2D eigenvalue weighted by molar-refractivity contribution is -0.384. The van der Waals surface area contributed by atoms with Crippen molar-refractivity contribution in [2.45, 2.75) is 0 Å². The monoisotopic (exact) mass is 372 g/mol. The van der Waals surface area contributed by atoms with Crippen molar-refractivity contribution in [3.8, 4) is 11.5 Å². The number of halogens is 2. The van der Waals surface area contributed by atoms with E-state index in [-0.39, 0.29) is 23.2 Å². The molecule has 8 nitrogen and oxygen atoms in total. The summed E-state index contributed by atoms with van der Waals surface area (Å²) in [6.45, 7) is 0. The number of amides is 1. The van der Waals surface area contributed by atoms with Crippen LogP contribution >= 0.6 is 0 Å². The SMILES string of the molecule is O=C(/C=C/c1ccc([N+](=O)[O-])cc1)Nc1nnc(-c2ccc(F)cc2F)o1. The van der Waals surface area contributed by atoms with Gasteiger partial charge in [0.25, 0.3) is 17.5 Å². The highest BCUT2D eigenvalue weighted by atomic mass is 19.1. The predicted octanol–water partition coefficient (Wildman–Crippen LogP) is 3.57. The molecule has 0 atom stereocenters. The molecule has 0 unspecified atom stereocenters. The number of nitrogens with zero attached hydrogens (tertiary/aromatic N) is 3. The molecule has 0 aliphatic rings. The number of non-ortho nitro benzene ring substituents is 1. The second kappa shape index (κ2) is 7.52. The number of carbonyl (C=O) groups excluding carboxylic acids is 1. The molecule has 0 aliphatic carbocycles. The van der Waals surface area contributed by atoms with Crippen LogP contribution in [0, 0.1) is 21.7 Å². The van der Waals surface area contributed by atoms with E-state index in [4.69, 9.17) is 4.42 Å². The number of hydrogen-bond acceptors (Lipinski definition) is 6. The Kier molecular flexibility index (Phi) is 4.97. The molecule has 10 heteroatoms. The third kappa shape index (κ3) is 4.37. The van der Waals surface area contributed by atoms with E-state index >= 15 is 0 Å². The van der Waals surface area contributed by atoms with Gasteiger partial charge in [0, 0.05) is 24.3 Å². The first-order chi connectivity index (χ1) is 12.9. The molecule has 2 aromatic carbocycles. The quantitative estimate of drug-likeness (QED) is 0.416. The number of anilines is 1. The number of nitro benzene ring substituents is 1. The van der Waals surface area contributed by atoms with E-state index in [1.165, 1.54) is 30.3 Å². The van der Waals surface area contributed by atoms with Gasteiger partial charge in [0.2, 0.25) is 0 Å². The fraction of sp³-hybridized carbons (Fsp3) is 0. The van der Waals surface area contributed by atoms with Crippen molar-refractivity contribution in [1.82, 2.24) is 10.2 Å². The van der Waals surface area contributed by atoms with Gasteiger partial charge in [-0.1, -0.05) is 5.10 Å². The first kappa shape index (κ1) is 17.9. The lowest BCUT2D eigenvalue weighted by Gasteiger charge is -1.97. The topological polar surface area (TPSA) is 111 Å². The van der Waals surface area contributed by atoms with Crippen molar-refractivity contribution in [1.29, 1.82) is 0 Å². The summed E-state index contributed by atoms with van der Waals surface area (Å²) in [5, 5.41) is 20.0. The summed E-state index contributed by atoms with van der Waals surface area (Å²) in [6.07, 6.45) is 2.58. The molecule has 0 radical (unpaired) electrons. The van der Waals surface area contributed by atoms with E-state index in [0.29, 0.717) is 11.6 Å². The van der Waals surface area contributed by atoms with Crippen LogP contribution in [-0.4, -0.2) is 21.0 Å². The number of hydrogen-bond donors (Lipinski definition) is 1. The second-order valence-corrected chi connectivity index (χ2v) is 5.21. The fourth-order valence-electron chi connectivity index (χ4n) is 2.07. The Bertz CT molecular complexity index is 1030. The fourth-order valence-corrected chi connectivity index (χ4v) is 2.07. The van der Waals surface area contributed by atoms with Crippen LogP contribution in [0.2, 0.25) is 0 Å². The minimum Gasteiger partial charge on any atom is -0.403 e. The standard InChI is InChI=1S/C17H10F2N4O4/c18-11-4-7-13(14(19)9-11)16-21-22-17(27-16)20-15(24)8-3-10-1-5-12(6-2-10)23(25)26/h1-9H,(H,20,22,24)/b8-3+. The van der Waals surface area contributed by atoms with Crippen LogP contribution < -0.4 is 5.32 Å². The molecule has 0 bridgehead atoms. The van der Waals surface area contributed by atoms with Gasteiger partial charge in [-0.05, 0) is 35.9 Å². The van der Waals surface area contributed by atoms with Gasteiger partial charge in [-0.3, -0.25) is 20.2 Å². The first-order valence-corrected chi connectivity index (χ1v) is 7.45. The van der Waals surface area contributed by atoms with Crippen molar-refractivity contribution < 1.29 is 22.9 Å². The highest BCUT2D eigenvalue weighted by molar-refractivity contribution is 6.00. The third-order valence-corrected chi connectivity index (χ3v) is 3.35. The van der Waals surface area contributed by atoms with E-state index in [2.05, 4.69) is 15.5 Å². The Morgan fingerprint density at radius 3 is 2.56 bits per heavy atom. The van der Waals surface area contributed by atoms with Crippen molar-refractivity contribution >= 4 is 23.7 Å². The van der Waals surface area contributed by atoms with Gasteiger partial charge in [-0.25, -0.2) is 8.78 Å². The Morgan fingerprint density at radius 1 is 1.15 bits per heavy atom. The van der Waals surface area contributed by atoms with Crippen molar-refractivity contribution in [2.24, 2.45) is 0 Å². The summed E-state index contributed by atoms with van der Waals surface area (Å²) in [5.41, 5.74) is 0.393. The molecule has 1 N–H and O–H groups in total.